The number of aliphatic carboxylic acids is 2. The Morgan fingerprint density at radius 3 is 2.29 bits per heavy atom. The number of hydrogen-bond donors (Lipinski definition) is 3. The predicted molar refractivity (Wildman–Crippen MR) is 56.8 cm³/mol. The summed E-state index contributed by atoms with van der Waals surface area (Å²) in [5.74, 6) is -4.25. The molecule has 3 N–H and O–H groups in total. The highest BCUT2D eigenvalue weighted by Gasteiger charge is 2.31. The normalized spacial score (nSPS) is 15.6. The summed E-state index contributed by atoms with van der Waals surface area (Å²) in [6.07, 6.45) is -1.58. The highest BCUT2D eigenvalue weighted by atomic mass is 31.2. The van der Waals surface area contributed by atoms with Gasteiger partial charge in [-0.1, -0.05) is 0 Å². The lowest BCUT2D eigenvalue weighted by atomic mass is 10.1. The molecule has 0 aliphatic heterocycles. The Kier molecular flexibility index (Phi) is 5.84. The first-order valence-corrected chi connectivity index (χ1v) is 6.62. The van der Waals surface area contributed by atoms with Crippen LogP contribution in [0.5, 0.6) is 0 Å². The van der Waals surface area contributed by atoms with Crippen LogP contribution in [0.3, 0.4) is 0 Å². The Labute approximate surface area is 97.3 Å². The van der Waals surface area contributed by atoms with Crippen molar-refractivity contribution in [2.45, 2.75) is 6.42 Å². The van der Waals surface area contributed by atoms with Gasteiger partial charge in [0.25, 0.3) is 0 Å². The minimum absolute atomic E-state index is 0.329. The third kappa shape index (κ3) is 6.70. The van der Waals surface area contributed by atoms with Gasteiger partial charge in [-0.3, -0.25) is 18.9 Å². The summed E-state index contributed by atoms with van der Waals surface area (Å²) in [7, 11) is -2.61. The van der Waals surface area contributed by atoms with Crippen LogP contribution < -0.4 is 0 Å². The Bertz CT molecular complexity index is 356. The van der Waals surface area contributed by atoms with E-state index in [1.165, 1.54) is 7.05 Å². The number of hydrogen-bond acceptors (Lipinski definition) is 4. The molecule has 0 aromatic rings. The van der Waals surface area contributed by atoms with Crippen molar-refractivity contribution in [2.75, 3.05) is 19.5 Å². The van der Waals surface area contributed by atoms with Crippen LogP contribution in [-0.4, -0.2) is 57.9 Å². The molecule has 1 unspecified atom stereocenters. The van der Waals surface area contributed by atoms with Crippen LogP contribution in [-0.2, 0) is 18.9 Å². The second-order valence-corrected chi connectivity index (χ2v) is 6.01. The molecule has 1 amide bonds. The molecular formula is C8H14NO7P. The van der Waals surface area contributed by atoms with Gasteiger partial charge in [0.2, 0.25) is 13.8 Å². The van der Waals surface area contributed by atoms with Gasteiger partial charge in [-0.05, 0) is 0 Å². The number of carbonyl (C=O) groups is 3. The summed E-state index contributed by atoms with van der Waals surface area (Å²) >= 11 is 0. The van der Waals surface area contributed by atoms with Crippen LogP contribution in [0.4, 0.5) is 0 Å². The van der Waals surface area contributed by atoms with E-state index in [1.807, 2.05) is 0 Å². The van der Waals surface area contributed by atoms with Crippen LogP contribution in [0.1, 0.15) is 6.42 Å². The SMILES string of the molecule is CN(C=O)CP(=O)(O)C[C@@H](CC(=O)O)C(=O)O. The zero-order valence-corrected chi connectivity index (χ0v) is 10.0. The van der Waals surface area contributed by atoms with Crippen molar-refractivity contribution >= 4 is 25.7 Å². The lowest BCUT2D eigenvalue weighted by molar-refractivity contribution is -0.147. The molecule has 8 nitrogen and oxygen atoms in total. The van der Waals surface area contributed by atoms with Crippen molar-refractivity contribution in [3.8, 4) is 0 Å². The van der Waals surface area contributed by atoms with Gasteiger partial charge in [-0.15, -0.1) is 0 Å². The Balaban J connectivity index is 4.63. The Morgan fingerprint density at radius 2 is 1.94 bits per heavy atom. The maximum absolute atomic E-state index is 11.6. The fraction of sp³-hybridized carbons (Fsp3) is 0.625. The van der Waals surface area contributed by atoms with Gasteiger partial charge in [-0.2, -0.15) is 0 Å². The second-order valence-electron chi connectivity index (χ2n) is 3.67. The van der Waals surface area contributed by atoms with E-state index >= 15 is 0 Å². The van der Waals surface area contributed by atoms with E-state index in [0.717, 1.165) is 4.90 Å². The lowest BCUT2D eigenvalue weighted by Gasteiger charge is -2.19. The summed E-state index contributed by atoms with van der Waals surface area (Å²) in [5, 5.41) is 17.2. The van der Waals surface area contributed by atoms with Crippen LogP contribution in [0, 0.1) is 5.92 Å². The molecule has 9 heteroatoms. The first-order chi connectivity index (χ1) is 7.68. The van der Waals surface area contributed by atoms with Gasteiger partial charge in [-0.25, -0.2) is 0 Å². The molecule has 0 bridgehead atoms. The van der Waals surface area contributed by atoms with Gasteiger partial charge in [0.05, 0.1) is 18.6 Å². The summed E-state index contributed by atoms with van der Waals surface area (Å²) in [4.78, 5) is 41.7. The molecular weight excluding hydrogens is 253 g/mol. The fourth-order valence-corrected chi connectivity index (χ4v) is 3.08. The van der Waals surface area contributed by atoms with Gasteiger partial charge in [0, 0.05) is 13.2 Å². The molecule has 0 saturated carbocycles. The lowest BCUT2D eigenvalue weighted by Crippen LogP contribution is -2.25. The van der Waals surface area contributed by atoms with E-state index < -0.39 is 44.1 Å². The summed E-state index contributed by atoms with van der Waals surface area (Å²) in [6, 6.07) is 0. The highest BCUT2D eigenvalue weighted by Crippen LogP contribution is 2.43. The molecule has 0 saturated heterocycles. The number of carboxylic acids is 2. The van der Waals surface area contributed by atoms with Crippen molar-refractivity contribution in [2.24, 2.45) is 5.92 Å². The average Bonchev–Trinajstić information content (AvgIpc) is 2.14. The van der Waals surface area contributed by atoms with E-state index in [9.17, 15) is 23.8 Å². The van der Waals surface area contributed by atoms with Crippen molar-refractivity contribution < 1.29 is 34.1 Å². The minimum atomic E-state index is -3.88. The zero-order valence-electron chi connectivity index (χ0n) is 9.15. The molecule has 0 spiro atoms. The van der Waals surface area contributed by atoms with E-state index in [2.05, 4.69) is 0 Å². The molecule has 0 radical (unpaired) electrons. The number of amides is 1. The summed E-state index contributed by atoms with van der Waals surface area (Å²) in [6.45, 7) is 0. The molecule has 0 aliphatic carbocycles. The van der Waals surface area contributed by atoms with Gasteiger partial charge < -0.3 is 20.0 Å². The molecule has 0 fully saturated rings. The van der Waals surface area contributed by atoms with Crippen molar-refractivity contribution in [3.05, 3.63) is 0 Å². The van der Waals surface area contributed by atoms with E-state index in [-0.39, 0.29) is 0 Å². The van der Waals surface area contributed by atoms with Gasteiger partial charge in [0.15, 0.2) is 0 Å². The van der Waals surface area contributed by atoms with Crippen LogP contribution >= 0.6 is 7.37 Å². The van der Waals surface area contributed by atoms with Crippen molar-refractivity contribution in [3.63, 3.8) is 0 Å². The number of rotatable bonds is 8. The zero-order chi connectivity index (χ0) is 13.6. The molecule has 0 heterocycles. The van der Waals surface area contributed by atoms with Crippen molar-refractivity contribution in [1.29, 1.82) is 0 Å². The number of carbonyl (C=O) groups excluding carboxylic acids is 1. The van der Waals surface area contributed by atoms with E-state index in [4.69, 9.17) is 10.2 Å². The van der Waals surface area contributed by atoms with Crippen LogP contribution in [0.15, 0.2) is 0 Å². The first-order valence-electron chi connectivity index (χ1n) is 4.59. The monoisotopic (exact) mass is 267 g/mol. The Hall–Kier alpha value is -1.40. The number of carboxylic acid groups (broad SMARTS) is 2. The highest BCUT2D eigenvalue weighted by molar-refractivity contribution is 7.58. The summed E-state index contributed by atoms with van der Waals surface area (Å²) in [5.41, 5.74) is 0. The standard InChI is InChI=1S/C8H14NO7P/c1-9(4-10)5-17(15,16)3-6(8(13)14)2-7(11)12/h4,6H,2-3,5H2,1H3,(H,11,12)(H,13,14)(H,15,16)/t6-/m1/s1. The molecule has 0 aromatic carbocycles. The van der Waals surface area contributed by atoms with E-state index in [1.54, 1.807) is 0 Å². The minimum Gasteiger partial charge on any atom is -0.481 e. The molecule has 2 atom stereocenters. The maximum atomic E-state index is 11.6. The van der Waals surface area contributed by atoms with Gasteiger partial charge in [0.1, 0.15) is 0 Å². The van der Waals surface area contributed by atoms with E-state index in [0.29, 0.717) is 6.41 Å². The summed E-state index contributed by atoms with van der Waals surface area (Å²) < 4.78 is 11.6. The Morgan fingerprint density at radius 1 is 1.41 bits per heavy atom. The quantitative estimate of drug-likeness (QED) is 0.398. The topological polar surface area (TPSA) is 132 Å². The van der Waals surface area contributed by atoms with Crippen molar-refractivity contribution in [1.82, 2.24) is 4.90 Å². The maximum Gasteiger partial charge on any atom is 0.307 e. The third-order valence-corrected chi connectivity index (χ3v) is 3.80. The van der Waals surface area contributed by atoms with Crippen LogP contribution in [0.25, 0.3) is 0 Å². The molecule has 17 heavy (non-hydrogen) atoms. The first kappa shape index (κ1) is 15.6. The smallest absolute Gasteiger partial charge is 0.307 e. The third-order valence-electron chi connectivity index (χ3n) is 1.90. The number of nitrogens with zero attached hydrogens (tertiary/aromatic N) is 1. The molecule has 0 rings (SSSR count). The second kappa shape index (κ2) is 6.36. The fourth-order valence-electron chi connectivity index (χ4n) is 1.22. The average molecular weight is 267 g/mol. The molecule has 98 valence electrons. The predicted octanol–water partition coefficient (Wildman–Crippen LogP) is -0.522. The van der Waals surface area contributed by atoms with Gasteiger partial charge >= 0.3 is 11.9 Å². The molecule has 0 aliphatic rings. The largest absolute Gasteiger partial charge is 0.481 e. The van der Waals surface area contributed by atoms with Crippen LogP contribution in [0.2, 0.25) is 0 Å². The molecule has 0 aromatic heterocycles.